The van der Waals surface area contributed by atoms with Crippen LogP contribution in [0.4, 0.5) is 5.69 Å². The van der Waals surface area contributed by atoms with E-state index in [1.54, 1.807) is 13.0 Å². The molecule has 2 rings (SSSR count). The number of aliphatic hydroxyl groups excluding tert-OH is 2. The van der Waals surface area contributed by atoms with Crippen LogP contribution in [0.5, 0.6) is 0 Å². The molecule has 0 aliphatic carbocycles. The molecular weight excluding hydrogens is 354 g/mol. The van der Waals surface area contributed by atoms with Gasteiger partial charge in [0.05, 0.1) is 12.7 Å². The molecule has 1 aliphatic rings. The second kappa shape index (κ2) is 9.14. The molecule has 0 spiro atoms. The quantitative estimate of drug-likeness (QED) is 0.614. The Morgan fingerprint density at radius 2 is 1.88 bits per heavy atom. The summed E-state index contributed by atoms with van der Waals surface area (Å²) < 4.78 is 26.8. The van der Waals surface area contributed by atoms with E-state index in [1.807, 2.05) is 24.3 Å². The fourth-order valence-corrected chi connectivity index (χ4v) is 4.09. The minimum atomic E-state index is -4.07. The van der Waals surface area contributed by atoms with E-state index in [9.17, 15) is 18.8 Å². The Morgan fingerprint density at radius 1 is 1.27 bits per heavy atom. The van der Waals surface area contributed by atoms with Crippen LogP contribution in [-0.2, 0) is 10.0 Å². The highest BCUT2D eigenvalue weighted by atomic mass is 32.2. The predicted molar refractivity (Wildman–Crippen MR) is 101 cm³/mol. The standard InChI is InChI=1S/C18H25N3O4S/c1-14(18(11-19)26(24,25)20-12-17(23)13-22)15-5-7-16(8-6-15)21-9-3-2-4-10-21/h5-8,17,20,22-23H,2-4,9-10,12-13H2,1H3. The van der Waals surface area contributed by atoms with Crippen LogP contribution >= 0.6 is 0 Å². The number of piperidine rings is 1. The molecule has 3 N–H and O–H groups in total. The average Bonchev–Trinajstić information content (AvgIpc) is 2.67. The van der Waals surface area contributed by atoms with Gasteiger partial charge in [0.25, 0.3) is 10.0 Å². The second-order valence-corrected chi connectivity index (χ2v) is 8.05. The van der Waals surface area contributed by atoms with Crippen molar-refractivity contribution in [2.24, 2.45) is 0 Å². The van der Waals surface area contributed by atoms with Gasteiger partial charge >= 0.3 is 0 Å². The van der Waals surface area contributed by atoms with Gasteiger partial charge in [-0.25, -0.2) is 13.1 Å². The third kappa shape index (κ3) is 5.05. The van der Waals surface area contributed by atoms with Gasteiger partial charge in [-0.15, -0.1) is 0 Å². The number of benzene rings is 1. The number of allylic oxidation sites excluding steroid dienone is 2. The summed E-state index contributed by atoms with van der Waals surface area (Å²) in [7, 11) is -4.07. The molecule has 0 bridgehead atoms. The SMILES string of the molecule is CC(=C(C#N)S(=O)(=O)NCC(O)CO)c1ccc(N2CCCCC2)cc1. The first kappa shape index (κ1) is 20.4. The highest BCUT2D eigenvalue weighted by Gasteiger charge is 2.22. The summed E-state index contributed by atoms with van der Waals surface area (Å²) >= 11 is 0. The molecule has 26 heavy (non-hydrogen) atoms. The summed E-state index contributed by atoms with van der Waals surface area (Å²) in [5.41, 5.74) is 2.07. The van der Waals surface area contributed by atoms with E-state index in [-0.39, 0.29) is 6.54 Å². The van der Waals surface area contributed by atoms with Crippen LogP contribution in [0.3, 0.4) is 0 Å². The Bertz CT molecular complexity index is 776. The second-order valence-electron chi connectivity index (χ2n) is 6.35. The average molecular weight is 379 g/mol. The van der Waals surface area contributed by atoms with Crippen molar-refractivity contribution < 1.29 is 18.6 Å². The number of sulfonamides is 1. The molecule has 7 nitrogen and oxygen atoms in total. The highest BCUT2D eigenvalue weighted by Crippen LogP contribution is 2.25. The van der Waals surface area contributed by atoms with Crippen molar-refractivity contribution in [3.05, 3.63) is 34.7 Å². The highest BCUT2D eigenvalue weighted by molar-refractivity contribution is 7.93. The first-order valence-electron chi connectivity index (χ1n) is 8.64. The van der Waals surface area contributed by atoms with Crippen LogP contribution in [0.25, 0.3) is 5.57 Å². The van der Waals surface area contributed by atoms with Crippen molar-refractivity contribution >= 4 is 21.3 Å². The van der Waals surface area contributed by atoms with E-state index in [2.05, 4.69) is 9.62 Å². The number of nitrogens with one attached hydrogen (secondary N) is 1. The number of rotatable bonds is 7. The molecule has 0 amide bonds. The van der Waals surface area contributed by atoms with Crippen LogP contribution in [0, 0.1) is 11.3 Å². The Balaban J connectivity index is 2.22. The third-order valence-electron chi connectivity index (χ3n) is 4.45. The zero-order valence-corrected chi connectivity index (χ0v) is 15.7. The summed E-state index contributed by atoms with van der Waals surface area (Å²) in [5, 5.41) is 27.4. The van der Waals surface area contributed by atoms with Crippen LogP contribution in [0.15, 0.2) is 29.2 Å². The summed E-state index contributed by atoms with van der Waals surface area (Å²) in [4.78, 5) is 1.90. The van der Waals surface area contributed by atoms with E-state index in [0.717, 1.165) is 18.8 Å². The molecule has 1 aromatic carbocycles. The third-order valence-corrected chi connectivity index (χ3v) is 5.93. The largest absolute Gasteiger partial charge is 0.394 e. The molecule has 1 aliphatic heterocycles. The molecule has 0 saturated carbocycles. The van der Waals surface area contributed by atoms with Gasteiger partial charge in [0.15, 0.2) is 4.91 Å². The minimum absolute atomic E-state index is 0.337. The van der Waals surface area contributed by atoms with Crippen LogP contribution in [0.2, 0.25) is 0 Å². The van der Waals surface area contributed by atoms with Crippen molar-refractivity contribution in [1.82, 2.24) is 4.72 Å². The molecule has 142 valence electrons. The molecular formula is C18H25N3O4S. The molecule has 1 fully saturated rings. The van der Waals surface area contributed by atoms with E-state index in [0.29, 0.717) is 11.1 Å². The van der Waals surface area contributed by atoms with Gasteiger partial charge in [0.1, 0.15) is 6.07 Å². The summed E-state index contributed by atoms with van der Waals surface area (Å²) in [5.74, 6) is 0. The molecule has 0 radical (unpaired) electrons. The number of nitrogens with zero attached hydrogens (tertiary/aromatic N) is 2. The van der Waals surface area contributed by atoms with Crippen molar-refractivity contribution in [1.29, 1.82) is 5.26 Å². The maximum absolute atomic E-state index is 12.3. The van der Waals surface area contributed by atoms with Gasteiger partial charge in [-0.1, -0.05) is 12.1 Å². The first-order chi connectivity index (χ1) is 12.4. The van der Waals surface area contributed by atoms with Gasteiger partial charge in [-0.2, -0.15) is 5.26 Å². The van der Waals surface area contributed by atoms with Crippen molar-refractivity contribution in [3.8, 4) is 6.07 Å². The van der Waals surface area contributed by atoms with E-state index < -0.39 is 27.6 Å². The van der Waals surface area contributed by atoms with Crippen molar-refractivity contribution in [3.63, 3.8) is 0 Å². The Labute approximate surface area is 154 Å². The molecule has 1 atom stereocenters. The van der Waals surface area contributed by atoms with Gasteiger partial charge in [-0.05, 0) is 49.5 Å². The molecule has 1 unspecified atom stereocenters. The van der Waals surface area contributed by atoms with Crippen LogP contribution in [-0.4, -0.2) is 51.0 Å². The first-order valence-corrected chi connectivity index (χ1v) is 10.1. The maximum Gasteiger partial charge on any atom is 0.251 e. The fourth-order valence-electron chi connectivity index (χ4n) is 2.89. The zero-order valence-electron chi connectivity index (χ0n) is 14.9. The lowest BCUT2D eigenvalue weighted by Gasteiger charge is -2.28. The maximum atomic E-state index is 12.3. The lowest BCUT2D eigenvalue weighted by molar-refractivity contribution is 0.0989. The summed E-state index contributed by atoms with van der Waals surface area (Å²) in [6.45, 7) is 2.69. The normalized spacial score (nSPS) is 17.4. The minimum Gasteiger partial charge on any atom is -0.394 e. The number of hydrogen-bond donors (Lipinski definition) is 3. The monoisotopic (exact) mass is 379 g/mol. The van der Waals surface area contributed by atoms with Gasteiger partial charge in [0.2, 0.25) is 0 Å². The number of hydrogen-bond acceptors (Lipinski definition) is 6. The molecule has 1 aromatic rings. The lowest BCUT2D eigenvalue weighted by Crippen LogP contribution is -2.34. The van der Waals surface area contributed by atoms with E-state index in [1.165, 1.54) is 19.3 Å². The molecule has 1 heterocycles. The molecule has 8 heteroatoms. The predicted octanol–water partition coefficient (Wildman–Crippen LogP) is 1.20. The van der Waals surface area contributed by atoms with Crippen molar-refractivity contribution in [2.45, 2.75) is 32.3 Å². The van der Waals surface area contributed by atoms with Crippen LogP contribution < -0.4 is 9.62 Å². The summed E-state index contributed by atoms with van der Waals surface area (Å²) in [6.07, 6.45) is 2.37. The summed E-state index contributed by atoms with van der Waals surface area (Å²) in [6, 6.07) is 9.24. The topological polar surface area (TPSA) is 114 Å². The fraction of sp³-hybridized carbons (Fsp3) is 0.500. The van der Waals surface area contributed by atoms with E-state index in [4.69, 9.17) is 5.11 Å². The molecule has 1 saturated heterocycles. The zero-order chi connectivity index (χ0) is 19.2. The van der Waals surface area contributed by atoms with Gasteiger partial charge < -0.3 is 15.1 Å². The van der Waals surface area contributed by atoms with Crippen LogP contribution in [0.1, 0.15) is 31.7 Å². The smallest absolute Gasteiger partial charge is 0.251 e. The number of aliphatic hydroxyl groups is 2. The van der Waals surface area contributed by atoms with Gasteiger partial charge in [0, 0.05) is 25.3 Å². The van der Waals surface area contributed by atoms with Gasteiger partial charge in [-0.3, -0.25) is 0 Å². The number of nitriles is 1. The molecule has 0 aromatic heterocycles. The van der Waals surface area contributed by atoms with E-state index >= 15 is 0 Å². The van der Waals surface area contributed by atoms with Crippen molar-refractivity contribution in [2.75, 3.05) is 31.1 Å². The Morgan fingerprint density at radius 3 is 2.42 bits per heavy atom. The Kier molecular flexibility index (Phi) is 7.17. The lowest BCUT2D eigenvalue weighted by atomic mass is 10.1. The Hall–Kier alpha value is -1.92. The number of anilines is 1.